The molecule has 0 unspecified atom stereocenters. The van der Waals surface area contributed by atoms with Crippen molar-refractivity contribution in [1.82, 2.24) is 9.97 Å². The van der Waals surface area contributed by atoms with Crippen molar-refractivity contribution in [3.05, 3.63) is 47.0 Å². The summed E-state index contributed by atoms with van der Waals surface area (Å²) in [6.45, 7) is 0. The molecule has 1 heterocycles. The number of halogens is 1. The molecule has 7 heteroatoms. The van der Waals surface area contributed by atoms with E-state index in [1.807, 2.05) is 6.07 Å². The van der Waals surface area contributed by atoms with E-state index in [2.05, 4.69) is 15.3 Å². The predicted molar refractivity (Wildman–Crippen MR) is 72.7 cm³/mol. The van der Waals surface area contributed by atoms with Crippen LogP contribution in [-0.4, -0.2) is 23.0 Å². The number of benzene rings is 1. The van der Waals surface area contributed by atoms with E-state index in [4.69, 9.17) is 21.6 Å². The first-order valence-electron chi connectivity index (χ1n) is 5.51. The molecule has 1 aromatic heterocycles. The van der Waals surface area contributed by atoms with Gasteiger partial charge in [-0.1, -0.05) is 17.7 Å². The summed E-state index contributed by atoms with van der Waals surface area (Å²) in [4.78, 5) is 19.7. The van der Waals surface area contributed by atoms with Gasteiger partial charge in [-0.2, -0.15) is 5.26 Å². The summed E-state index contributed by atoms with van der Waals surface area (Å²) >= 11 is 5.60. The average Bonchev–Trinajstić information content (AvgIpc) is 2.48. The normalized spacial score (nSPS) is 9.65. The minimum absolute atomic E-state index is 0.0872. The van der Waals surface area contributed by atoms with Gasteiger partial charge in [-0.05, 0) is 12.1 Å². The van der Waals surface area contributed by atoms with Crippen molar-refractivity contribution in [2.24, 2.45) is 0 Å². The van der Waals surface area contributed by atoms with Crippen molar-refractivity contribution in [3.8, 4) is 11.8 Å². The van der Waals surface area contributed by atoms with Gasteiger partial charge in [0.25, 0.3) is 5.91 Å². The molecule has 0 saturated heterocycles. The Balaban J connectivity index is 2.32. The Hall–Kier alpha value is -2.65. The first-order chi connectivity index (χ1) is 9.65. The van der Waals surface area contributed by atoms with Crippen LogP contribution in [0.25, 0.3) is 0 Å². The second kappa shape index (κ2) is 5.99. The lowest BCUT2D eigenvalue weighted by Gasteiger charge is -2.11. The van der Waals surface area contributed by atoms with E-state index in [9.17, 15) is 4.79 Å². The Kier molecular flexibility index (Phi) is 4.13. The van der Waals surface area contributed by atoms with Crippen LogP contribution in [-0.2, 0) is 0 Å². The van der Waals surface area contributed by atoms with Gasteiger partial charge >= 0.3 is 0 Å². The molecule has 0 atom stereocenters. The van der Waals surface area contributed by atoms with Crippen LogP contribution in [0.4, 0.5) is 5.69 Å². The highest BCUT2D eigenvalue weighted by molar-refractivity contribution is 6.29. The number of amides is 1. The van der Waals surface area contributed by atoms with Gasteiger partial charge in [0.1, 0.15) is 28.4 Å². The monoisotopic (exact) mass is 288 g/mol. The predicted octanol–water partition coefficient (Wildman–Crippen LogP) is 2.26. The van der Waals surface area contributed by atoms with Crippen LogP contribution in [0.1, 0.15) is 16.1 Å². The van der Waals surface area contributed by atoms with Crippen molar-refractivity contribution in [2.75, 3.05) is 12.4 Å². The van der Waals surface area contributed by atoms with Gasteiger partial charge in [-0.25, -0.2) is 9.97 Å². The summed E-state index contributed by atoms with van der Waals surface area (Å²) in [6, 6.07) is 6.86. The second-order valence-electron chi connectivity index (χ2n) is 3.67. The summed E-state index contributed by atoms with van der Waals surface area (Å²) < 4.78 is 5.12. The zero-order chi connectivity index (χ0) is 14.5. The molecule has 0 bridgehead atoms. The van der Waals surface area contributed by atoms with E-state index >= 15 is 0 Å². The highest BCUT2D eigenvalue weighted by Crippen LogP contribution is 2.28. The number of carbonyl (C=O) groups excluding carboxylic acids is 1. The largest absolute Gasteiger partial charge is 0.495 e. The Bertz CT molecular complexity index is 680. The molecule has 0 spiro atoms. The molecule has 2 rings (SSSR count). The number of para-hydroxylation sites is 1. The third kappa shape index (κ3) is 2.84. The van der Waals surface area contributed by atoms with Gasteiger partial charge < -0.3 is 10.1 Å². The smallest absolute Gasteiger partial charge is 0.275 e. The molecule has 0 aliphatic heterocycles. The van der Waals surface area contributed by atoms with Crippen LogP contribution in [0.5, 0.6) is 5.75 Å². The topological polar surface area (TPSA) is 87.9 Å². The molecule has 2 aromatic rings. The maximum Gasteiger partial charge on any atom is 0.275 e. The van der Waals surface area contributed by atoms with Crippen molar-refractivity contribution in [3.63, 3.8) is 0 Å². The minimum atomic E-state index is -0.504. The molecule has 0 saturated carbocycles. The summed E-state index contributed by atoms with van der Waals surface area (Å²) in [5.74, 6) is -0.116. The number of aromatic nitrogens is 2. The third-order valence-corrected chi connectivity index (χ3v) is 2.65. The number of hydrogen-bond donors (Lipinski definition) is 1. The molecular formula is C13H9ClN4O2. The van der Waals surface area contributed by atoms with Gasteiger partial charge in [0.15, 0.2) is 0 Å². The van der Waals surface area contributed by atoms with Gasteiger partial charge in [0.2, 0.25) is 0 Å². The van der Waals surface area contributed by atoms with Crippen molar-refractivity contribution >= 4 is 23.2 Å². The van der Waals surface area contributed by atoms with Crippen LogP contribution in [0, 0.1) is 11.3 Å². The molecular weight excluding hydrogens is 280 g/mol. The first-order valence-corrected chi connectivity index (χ1v) is 5.89. The number of nitrogens with one attached hydrogen (secondary N) is 1. The maximum atomic E-state index is 12.0. The number of anilines is 1. The molecule has 100 valence electrons. The molecule has 0 fully saturated rings. The quantitative estimate of drug-likeness (QED) is 0.936. The van der Waals surface area contributed by atoms with E-state index < -0.39 is 5.91 Å². The molecule has 0 radical (unpaired) electrons. The fraction of sp³-hybridized carbons (Fsp3) is 0.0769. The summed E-state index contributed by atoms with van der Waals surface area (Å²) in [7, 11) is 1.45. The lowest BCUT2D eigenvalue weighted by atomic mass is 10.1. The number of rotatable bonds is 3. The number of methoxy groups -OCH3 is 1. The SMILES string of the molecule is COc1cccc(C#N)c1NC(=O)c1cnc(Cl)cn1. The number of nitriles is 1. The summed E-state index contributed by atoms with van der Waals surface area (Å²) in [5.41, 5.74) is 0.670. The van der Waals surface area contributed by atoms with Crippen LogP contribution >= 0.6 is 11.6 Å². The number of hydrogen-bond acceptors (Lipinski definition) is 5. The average molecular weight is 289 g/mol. The van der Waals surface area contributed by atoms with E-state index in [0.717, 1.165) is 0 Å². The fourth-order valence-electron chi connectivity index (χ4n) is 1.53. The molecule has 6 nitrogen and oxygen atoms in total. The Labute approximate surface area is 120 Å². The van der Waals surface area contributed by atoms with Crippen LogP contribution in [0.3, 0.4) is 0 Å². The minimum Gasteiger partial charge on any atom is -0.495 e. The zero-order valence-electron chi connectivity index (χ0n) is 10.4. The fourth-order valence-corrected chi connectivity index (χ4v) is 1.63. The lowest BCUT2D eigenvalue weighted by Crippen LogP contribution is -2.15. The van der Waals surface area contributed by atoms with E-state index in [1.54, 1.807) is 18.2 Å². The number of nitrogens with zero attached hydrogens (tertiary/aromatic N) is 3. The molecule has 0 aliphatic carbocycles. The van der Waals surface area contributed by atoms with Crippen molar-refractivity contribution in [2.45, 2.75) is 0 Å². The molecule has 1 aromatic carbocycles. The van der Waals surface area contributed by atoms with Gasteiger partial charge in [-0.15, -0.1) is 0 Å². The van der Waals surface area contributed by atoms with Crippen LogP contribution in [0.15, 0.2) is 30.6 Å². The van der Waals surface area contributed by atoms with Crippen LogP contribution < -0.4 is 10.1 Å². The Morgan fingerprint density at radius 2 is 2.20 bits per heavy atom. The highest BCUT2D eigenvalue weighted by atomic mass is 35.5. The van der Waals surface area contributed by atoms with Gasteiger partial charge in [0.05, 0.1) is 25.1 Å². The summed E-state index contributed by atoms with van der Waals surface area (Å²) in [5, 5.41) is 11.8. The highest BCUT2D eigenvalue weighted by Gasteiger charge is 2.14. The second-order valence-corrected chi connectivity index (χ2v) is 4.06. The van der Waals surface area contributed by atoms with E-state index in [1.165, 1.54) is 19.5 Å². The Morgan fingerprint density at radius 3 is 2.80 bits per heavy atom. The van der Waals surface area contributed by atoms with Gasteiger partial charge in [0, 0.05) is 0 Å². The third-order valence-electron chi connectivity index (χ3n) is 2.46. The zero-order valence-corrected chi connectivity index (χ0v) is 11.2. The number of ether oxygens (including phenoxy) is 1. The summed E-state index contributed by atoms with van der Waals surface area (Å²) in [6.07, 6.45) is 2.52. The number of carbonyl (C=O) groups is 1. The van der Waals surface area contributed by atoms with Crippen molar-refractivity contribution in [1.29, 1.82) is 5.26 Å². The lowest BCUT2D eigenvalue weighted by molar-refractivity contribution is 0.102. The molecule has 20 heavy (non-hydrogen) atoms. The van der Waals surface area contributed by atoms with Gasteiger partial charge in [-0.3, -0.25) is 4.79 Å². The maximum absolute atomic E-state index is 12.0. The molecule has 1 N–H and O–H groups in total. The van der Waals surface area contributed by atoms with E-state index in [-0.39, 0.29) is 10.8 Å². The molecule has 1 amide bonds. The van der Waals surface area contributed by atoms with Crippen molar-refractivity contribution < 1.29 is 9.53 Å². The first kappa shape index (κ1) is 13.8. The van der Waals surface area contributed by atoms with Crippen LogP contribution in [0.2, 0.25) is 5.15 Å². The van der Waals surface area contributed by atoms with E-state index in [0.29, 0.717) is 17.0 Å². The molecule has 0 aliphatic rings. The Morgan fingerprint density at radius 1 is 1.40 bits per heavy atom. The standard InChI is InChI=1S/C13H9ClN4O2/c1-20-10-4-2-3-8(5-15)12(10)18-13(19)9-6-17-11(14)7-16-9/h2-4,6-7H,1H3,(H,18,19).